The summed E-state index contributed by atoms with van der Waals surface area (Å²) in [7, 11) is 0. The molecule has 0 radical (unpaired) electrons. The maximum absolute atomic E-state index is 13.0. The zero-order valence-electron chi connectivity index (χ0n) is 7.97. The van der Waals surface area contributed by atoms with Crippen molar-refractivity contribution in [1.82, 2.24) is 9.72 Å². The van der Waals surface area contributed by atoms with Gasteiger partial charge in [-0.05, 0) is 6.92 Å². The summed E-state index contributed by atoms with van der Waals surface area (Å²) in [5, 5.41) is 3.22. The summed E-state index contributed by atoms with van der Waals surface area (Å²) in [5.74, 6) is -2.07. The number of hydrogen-bond acceptors (Lipinski definition) is 3. The van der Waals surface area contributed by atoms with Crippen molar-refractivity contribution < 1.29 is 13.3 Å². The average molecular weight is 283 g/mol. The summed E-state index contributed by atoms with van der Waals surface area (Å²) in [6.07, 6.45) is -0.195. The molecule has 0 unspecified atom stereocenters. The van der Waals surface area contributed by atoms with E-state index < -0.39 is 17.4 Å². The van der Waals surface area contributed by atoms with Crippen LogP contribution >= 0.6 is 15.9 Å². The van der Waals surface area contributed by atoms with Gasteiger partial charge in [-0.15, -0.1) is 0 Å². The van der Waals surface area contributed by atoms with E-state index in [1.807, 2.05) is 0 Å². The van der Waals surface area contributed by atoms with Crippen LogP contribution in [0.2, 0.25) is 0 Å². The first-order valence-electron chi connectivity index (χ1n) is 4.18. The van der Waals surface area contributed by atoms with Gasteiger partial charge >= 0.3 is 5.76 Å². The molecule has 84 valence electrons. The van der Waals surface area contributed by atoms with E-state index in [0.29, 0.717) is 5.82 Å². The lowest BCUT2D eigenvalue weighted by atomic mass is 10.3. The second-order valence-corrected chi connectivity index (χ2v) is 3.40. The molecule has 1 aromatic rings. The normalized spacial score (nSPS) is 12.8. The van der Waals surface area contributed by atoms with Crippen LogP contribution in [0, 0.1) is 6.92 Å². The third kappa shape index (κ3) is 2.98. The molecule has 0 bridgehead atoms. The Labute approximate surface area is 92.7 Å². The van der Waals surface area contributed by atoms with Crippen LogP contribution in [0.25, 0.3) is 0 Å². The van der Waals surface area contributed by atoms with E-state index in [4.69, 9.17) is 0 Å². The molecule has 0 saturated heterocycles. The van der Waals surface area contributed by atoms with Gasteiger partial charge in [0.05, 0.1) is 5.33 Å². The highest BCUT2D eigenvalue weighted by atomic mass is 79.9. The van der Waals surface area contributed by atoms with Gasteiger partial charge in [0.15, 0.2) is 5.82 Å². The molecule has 0 aromatic carbocycles. The molecule has 0 aliphatic rings. The smallest absolute Gasteiger partial charge is 0.296 e. The highest BCUT2D eigenvalue weighted by Gasteiger charge is 2.09. The van der Waals surface area contributed by atoms with E-state index in [-0.39, 0.29) is 18.3 Å². The number of alkyl halides is 1. The van der Waals surface area contributed by atoms with E-state index in [1.54, 1.807) is 6.92 Å². The van der Waals surface area contributed by atoms with Crippen LogP contribution in [-0.2, 0) is 6.54 Å². The standard InChI is InChI=1S/C8H9BrF2N2O2/c1-5-12-15-8(14)13(5)3-2-6(10)7(11)4-9/h2-4H2,1H3/b7-6+. The van der Waals surface area contributed by atoms with Gasteiger partial charge in [-0.1, -0.05) is 21.1 Å². The van der Waals surface area contributed by atoms with Gasteiger partial charge < -0.3 is 0 Å². The van der Waals surface area contributed by atoms with Gasteiger partial charge in [-0.3, -0.25) is 9.09 Å². The van der Waals surface area contributed by atoms with Crippen molar-refractivity contribution in [2.75, 3.05) is 5.33 Å². The first-order valence-corrected chi connectivity index (χ1v) is 5.30. The first kappa shape index (κ1) is 12.1. The van der Waals surface area contributed by atoms with Crippen LogP contribution in [0.4, 0.5) is 8.78 Å². The van der Waals surface area contributed by atoms with E-state index in [1.165, 1.54) is 0 Å². The summed E-state index contributed by atoms with van der Waals surface area (Å²) >= 11 is 2.79. The molecule has 1 aromatic heterocycles. The van der Waals surface area contributed by atoms with E-state index >= 15 is 0 Å². The fourth-order valence-corrected chi connectivity index (χ4v) is 1.31. The minimum atomic E-state index is -0.876. The lowest BCUT2D eigenvalue weighted by Gasteiger charge is -2.00. The quantitative estimate of drug-likeness (QED) is 0.795. The summed E-state index contributed by atoms with van der Waals surface area (Å²) < 4.78 is 31.1. The van der Waals surface area contributed by atoms with Crippen molar-refractivity contribution in [3.8, 4) is 0 Å². The molecule has 15 heavy (non-hydrogen) atoms. The molecule has 7 heteroatoms. The second kappa shape index (κ2) is 5.20. The van der Waals surface area contributed by atoms with E-state index in [2.05, 4.69) is 25.6 Å². The Kier molecular flexibility index (Phi) is 4.19. The third-order valence-corrected chi connectivity index (χ3v) is 2.33. The number of allylic oxidation sites excluding steroid dienone is 2. The maximum atomic E-state index is 13.0. The molecule has 0 amide bonds. The number of aryl methyl sites for hydroxylation is 1. The monoisotopic (exact) mass is 282 g/mol. The van der Waals surface area contributed by atoms with Gasteiger partial charge in [0, 0.05) is 13.0 Å². The topological polar surface area (TPSA) is 48.0 Å². The van der Waals surface area contributed by atoms with Crippen molar-refractivity contribution in [1.29, 1.82) is 0 Å². The summed E-state index contributed by atoms with van der Waals surface area (Å²) in [6.45, 7) is 1.56. The molecular weight excluding hydrogens is 274 g/mol. The molecule has 4 nitrogen and oxygen atoms in total. The Morgan fingerprint density at radius 3 is 2.67 bits per heavy atom. The van der Waals surface area contributed by atoms with Crippen molar-refractivity contribution in [2.24, 2.45) is 0 Å². The van der Waals surface area contributed by atoms with Gasteiger partial charge in [-0.2, -0.15) is 0 Å². The van der Waals surface area contributed by atoms with Gasteiger partial charge in [0.25, 0.3) is 0 Å². The van der Waals surface area contributed by atoms with Gasteiger partial charge in [0.1, 0.15) is 11.7 Å². The fraction of sp³-hybridized carbons (Fsp3) is 0.500. The van der Waals surface area contributed by atoms with Gasteiger partial charge in [-0.25, -0.2) is 13.6 Å². The van der Waals surface area contributed by atoms with Crippen LogP contribution in [0.1, 0.15) is 12.2 Å². The van der Waals surface area contributed by atoms with Crippen molar-refractivity contribution in [3.05, 3.63) is 28.0 Å². The summed E-state index contributed by atoms with van der Waals surface area (Å²) in [6, 6.07) is 0. The molecule has 0 aliphatic heterocycles. The number of aromatic nitrogens is 2. The molecule has 1 heterocycles. The molecule has 0 aliphatic carbocycles. The SMILES string of the molecule is Cc1noc(=O)n1CC/C(F)=C(\F)CBr. The Morgan fingerprint density at radius 1 is 1.53 bits per heavy atom. The summed E-state index contributed by atoms with van der Waals surface area (Å²) in [5.41, 5.74) is 0. The first-order chi connectivity index (χ1) is 7.06. The van der Waals surface area contributed by atoms with Crippen molar-refractivity contribution >= 4 is 15.9 Å². The lowest BCUT2D eigenvalue weighted by Crippen LogP contribution is -2.16. The predicted molar refractivity (Wildman–Crippen MR) is 53.2 cm³/mol. The number of halogens is 3. The zero-order chi connectivity index (χ0) is 11.4. The van der Waals surface area contributed by atoms with Crippen LogP contribution < -0.4 is 5.76 Å². The molecule has 0 atom stereocenters. The largest absolute Gasteiger partial charge is 0.441 e. The van der Waals surface area contributed by atoms with Crippen LogP contribution in [0.3, 0.4) is 0 Å². The van der Waals surface area contributed by atoms with Crippen LogP contribution in [0.5, 0.6) is 0 Å². The zero-order valence-corrected chi connectivity index (χ0v) is 9.55. The lowest BCUT2D eigenvalue weighted by molar-refractivity contribution is 0.372. The molecule has 0 fully saturated rings. The van der Waals surface area contributed by atoms with Crippen molar-refractivity contribution in [3.63, 3.8) is 0 Å². The summed E-state index contributed by atoms with van der Waals surface area (Å²) in [4.78, 5) is 11.0. The van der Waals surface area contributed by atoms with Crippen molar-refractivity contribution in [2.45, 2.75) is 19.9 Å². The predicted octanol–water partition coefficient (Wildman–Crippen LogP) is 2.08. The number of nitrogens with zero attached hydrogens (tertiary/aromatic N) is 2. The maximum Gasteiger partial charge on any atom is 0.441 e. The Bertz CT molecular complexity index is 425. The van der Waals surface area contributed by atoms with Crippen LogP contribution in [-0.4, -0.2) is 15.1 Å². The number of rotatable bonds is 4. The Hall–Kier alpha value is -0.980. The fourth-order valence-electron chi connectivity index (χ4n) is 1.01. The molecular formula is C8H9BrF2N2O2. The highest BCUT2D eigenvalue weighted by Crippen LogP contribution is 2.14. The Morgan fingerprint density at radius 2 is 2.20 bits per heavy atom. The molecule has 1 rings (SSSR count). The minimum Gasteiger partial charge on any atom is -0.296 e. The molecule has 0 N–H and O–H groups in total. The van der Waals surface area contributed by atoms with E-state index in [0.717, 1.165) is 4.57 Å². The highest BCUT2D eigenvalue weighted by molar-refractivity contribution is 9.09. The Balaban J connectivity index is 2.70. The van der Waals surface area contributed by atoms with Gasteiger partial charge in [0.2, 0.25) is 0 Å². The second-order valence-electron chi connectivity index (χ2n) is 2.84. The van der Waals surface area contributed by atoms with Crippen LogP contribution in [0.15, 0.2) is 21.0 Å². The van der Waals surface area contributed by atoms with E-state index in [9.17, 15) is 13.6 Å². The molecule has 0 spiro atoms. The third-order valence-electron chi connectivity index (χ3n) is 1.83. The number of hydrogen-bond donors (Lipinski definition) is 0. The minimum absolute atomic E-state index is 0.0143. The average Bonchev–Trinajstić information content (AvgIpc) is 2.54. The molecule has 0 saturated carbocycles.